The van der Waals surface area contributed by atoms with Gasteiger partial charge in [-0.2, -0.15) is 0 Å². The van der Waals surface area contributed by atoms with Crippen molar-refractivity contribution < 1.29 is 9.59 Å². The zero-order valence-electron chi connectivity index (χ0n) is 15.5. The van der Waals surface area contributed by atoms with Gasteiger partial charge in [0, 0.05) is 37.9 Å². The molecule has 2 aromatic rings. The van der Waals surface area contributed by atoms with Gasteiger partial charge in [-0.3, -0.25) is 9.59 Å². The predicted molar refractivity (Wildman–Crippen MR) is 105 cm³/mol. The van der Waals surface area contributed by atoms with Crippen LogP contribution in [0.15, 0.2) is 42.6 Å². The molecule has 2 aliphatic rings. The van der Waals surface area contributed by atoms with Gasteiger partial charge in [0.25, 0.3) is 5.91 Å². The fraction of sp³-hybridized carbons (Fsp3) is 0.381. The van der Waals surface area contributed by atoms with Crippen LogP contribution in [0.2, 0.25) is 0 Å². The Hall–Kier alpha value is -2.89. The molecule has 6 nitrogen and oxygen atoms in total. The van der Waals surface area contributed by atoms with E-state index in [2.05, 4.69) is 10.3 Å². The van der Waals surface area contributed by atoms with Crippen molar-refractivity contribution in [3.8, 4) is 0 Å². The summed E-state index contributed by atoms with van der Waals surface area (Å²) in [5.74, 6) is 0.669. The van der Waals surface area contributed by atoms with Crippen LogP contribution < -0.4 is 10.2 Å². The quantitative estimate of drug-likeness (QED) is 0.906. The molecule has 0 aliphatic carbocycles. The first-order valence-electron chi connectivity index (χ1n) is 9.49. The Morgan fingerprint density at radius 3 is 2.78 bits per heavy atom. The van der Waals surface area contributed by atoms with Crippen molar-refractivity contribution in [2.24, 2.45) is 0 Å². The molecule has 6 heteroatoms. The van der Waals surface area contributed by atoms with Crippen LogP contribution in [0.5, 0.6) is 0 Å². The maximum atomic E-state index is 12.8. The SMILES string of the molecule is Cc1cccc(N2CC(Nc3ncccc3C(=O)N3CCCC3)CC2=O)c1. The number of hydrogen-bond acceptors (Lipinski definition) is 4. The van der Waals surface area contributed by atoms with E-state index in [1.165, 1.54) is 0 Å². The van der Waals surface area contributed by atoms with Crippen molar-refractivity contribution in [1.82, 2.24) is 9.88 Å². The third kappa shape index (κ3) is 3.65. The van der Waals surface area contributed by atoms with E-state index in [0.29, 0.717) is 24.3 Å². The number of carbonyl (C=O) groups is 2. The van der Waals surface area contributed by atoms with E-state index < -0.39 is 0 Å². The first kappa shape index (κ1) is 17.5. The molecule has 2 amide bonds. The molecule has 0 radical (unpaired) electrons. The first-order valence-corrected chi connectivity index (χ1v) is 9.49. The van der Waals surface area contributed by atoms with Crippen molar-refractivity contribution >= 4 is 23.3 Å². The zero-order chi connectivity index (χ0) is 18.8. The van der Waals surface area contributed by atoms with Crippen LogP contribution in [0.25, 0.3) is 0 Å². The average Bonchev–Trinajstić information content (AvgIpc) is 3.32. The number of aryl methyl sites for hydroxylation is 1. The number of nitrogens with one attached hydrogen (secondary N) is 1. The molecule has 2 aliphatic heterocycles. The Bertz CT molecular complexity index is 861. The summed E-state index contributed by atoms with van der Waals surface area (Å²) in [6, 6.07) is 11.5. The Labute approximate surface area is 159 Å². The van der Waals surface area contributed by atoms with Gasteiger partial charge >= 0.3 is 0 Å². The lowest BCUT2D eigenvalue weighted by molar-refractivity contribution is -0.117. The number of rotatable bonds is 4. The maximum absolute atomic E-state index is 12.8. The minimum Gasteiger partial charge on any atom is -0.364 e. The minimum absolute atomic E-state index is 0.0166. The fourth-order valence-electron chi connectivity index (χ4n) is 3.83. The second-order valence-corrected chi connectivity index (χ2v) is 7.29. The zero-order valence-corrected chi connectivity index (χ0v) is 15.5. The second-order valence-electron chi connectivity index (χ2n) is 7.29. The molecule has 0 spiro atoms. The Kier molecular flexibility index (Phi) is 4.79. The van der Waals surface area contributed by atoms with E-state index in [0.717, 1.165) is 37.2 Å². The van der Waals surface area contributed by atoms with Crippen molar-refractivity contribution in [1.29, 1.82) is 0 Å². The summed E-state index contributed by atoms with van der Waals surface area (Å²) in [6.45, 7) is 4.19. The summed E-state index contributed by atoms with van der Waals surface area (Å²) in [7, 11) is 0. The number of aromatic nitrogens is 1. The number of hydrogen-bond donors (Lipinski definition) is 1. The lowest BCUT2D eigenvalue weighted by Crippen LogP contribution is -2.31. The molecular formula is C21H24N4O2. The normalized spacial score (nSPS) is 19.6. The Morgan fingerprint density at radius 1 is 1.19 bits per heavy atom. The molecule has 0 bridgehead atoms. The van der Waals surface area contributed by atoms with Crippen molar-refractivity contribution in [2.75, 3.05) is 29.9 Å². The summed E-state index contributed by atoms with van der Waals surface area (Å²) in [5, 5.41) is 3.34. The van der Waals surface area contributed by atoms with Gasteiger partial charge in [0.1, 0.15) is 5.82 Å². The molecule has 4 rings (SSSR count). The van der Waals surface area contributed by atoms with Gasteiger partial charge in [-0.15, -0.1) is 0 Å². The number of amides is 2. The molecule has 27 heavy (non-hydrogen) atoms. The summed E-state index contributed by atoms with van der Waals surface area (Å²) >= 11 is 0. The Morgan fingerprint density at radius 2 is 2.00 bits per heavy atom. The predicted octanol–water partition coefficient (Wildman–Crippen LogP) is 2.84. The highest BCUT2D eigenvalue weighted by atomic mass is 16.2. The van der Waals surface area contributed by atoms with E-state index in [1.807, 2.05) is 42.2 Å². The van der Waals surface area contributed by atoms with Crippen molar-refractivity contribution in [3.05, 3.63) is 53.7 Å². The molecule has 3 heterocycles. The summed E-state index contributed by atoms with van der Waals surface area (Å²) in [5.41, 5.74) is 2.62. The smallest absolute Gasteiger partial charge is 0.257 e. The number of nitrogens with zero attached hydrogens (tertiary/aromatic N) is 3. The van der Waals surface area contributed by atoms with Crippen LogP contribution in [-0.2, 0) is 4.79 Å². The van der Waals surface area contributed by atoms with E-state index in [-0.39, 0.29) is 17.9 Å². The summed E-state index contributed by atoms with van der Waals surface area (Å²) in [6.07, 6.45) is 4.18. The third-order valence-corrected chi connectivity index (χ3v) is 5.21. The number of carbonyl (C=O) groups excluding carboxylic acids is 2. The highest BCUT2D eigenvalue weighted by molar-refractivity contribution is 6.00. The largest absolute Gasteiger partial charge is 0.364 e. The standard InChI is InChI=1S/C21H24N4O2/c1-15-6-4-7-17(12-15)25-14-16(13-19(25)26)23-20-18(8-5-9-22-20)21(27)24-10-2-3-11-24/h4-9,12,16H,2-3,10-11,13-14H2,1H3,(H,22,23). The van der Waals surface area contributed by atoms with Crippen molar-refractivity contribution in [2.45, 2.75) is 32.2 Å². The van der Waals surface area contributed by atoms with E-state index in [9.17, 15) is 9.59 Å². The van der Waals surface area contributed by atoms with Gasteiger partial charge in [-0.05, 0) is 49.6 Å². The van der Waals surface area contributed by atoms with Gasteiger partial charge < -0.3 is 15.1 Å². The van der Waals surface area contributed by atoms with Gasteiger partial charge in [-0.25, -0.2) is 4.98 Å². The van der Waals surface area contributed by atoms with Gasteiger partial charge in [0.05, 0.1) is 11.6 Å². The van der Waals surface area contributed by atoms with E-state index in [4.69, 9.17) is 0 Å². The highest BCUT2D eigenvalue weighted by Gasteiger charge is 2.32. The average molecular weight is 364 g/mol. The monoisotopic (exact) mass is 364 g/mol. The number of pyridine rings is 1. The van der Waals surface area contributed by atoms with Crippen molar-refractivity contribution in [3.63, 3.8) is 0 Å². The molecule has 1 aromatic heterocycles. The number of anilines is 2. The molecule has 140 valence electrons. The maximum Gasteiger partial charge on any atom is 0.257 e. The van der Waals surface area contributed by atoms with Gasteiger partial charge in [-0.1, -0.05) is 12.1 Å². The third-order valence-electron chi connectivity index (χ3n) is 5.21. The topological polar surface area (TPSA) is 65.5 Å². The molecular weight excluding hydrogens is 340 g/mol. The second kappa shape index (κ2) is 7.39. The van der Waals surface area contributed by atoms with Crippen LogP contribution in [0, 0.1) is 6.92 Å². The molecule has 1 unspecified atom stereocenters. The van der Waals surface area contributed by atoms with E-state index in [1.54, 1.807) is 17.2 Å². The number of benzene rings is 1. The lowest BCUT2D eigenvalue weighted by Gasteiger charge is -2.20. The number of likely N-dealkylation sites (tertiary alicyclic amines) is 1. The molecule has 1 N–H and O–H groups in total. The minimum atomic E-state index is -0.0713. The highest BCUT2D eigenvalue weighted by Crippen LogP contribution is 2.25. The molecule has 1 atom stereocenters. The van der Waals surface area contributed by atoms with Gasteiger partial charge in [0.2, 0.25) is 5.91 Å². The fourth-order valence-corrected chi connectivity index (χ4v) is 3.83. The lowest BCUT2D eigenvalue weighted by atomic mass is 10.2. The molecule has 0 saturated carbocycles. The molecule has 2 fully saturated rings. The van der Waals surface area contributed by atoms with Crippen LogP contribution in [0.3, 0.4) is 0 Å². The molecule has 2 saturated heterocycles. The first-order chi connectivity index (χ1) is 13.1. The summed E-state index contributed by atoms with van der Waals surface area (Å²) < 4.78 is 0. The van der Waals surface area contributed by atoms with E-state index >= 15 is 0 Å². The van der Waals surface area contributed by atoms with Crippen LogP contribution >= 0.6 is 0 Å². The van der Waals surface area contributed by atoms with Crippen LogP contribution in [0.4, 0.5) is 11.5 Å². The van der Waals surface area contributed by atoms with Gasteiger partial charge in [0.15, 0.2) is 0 Å². The van der Waals surface area contributed by atoms with Crippen LogP contribution in [-0.4, -0.2) is 47.4 Å². The Balaban J connectivity index is 1.50. The van der Waals surface area contributed by atoms with Crippen LogP contribution in [0.1, 0.15) is 35.2 Å². The summed E-state index contributed by atoms with van der Waals surface area (Å²) in [4.78, 5) is 33.4. The molecule has 1 aromatic carbocycles.